The number of fused-ring (bicyclic) bond motifs is 9. The van der Waals surface area contributed by atoms with Gasteiger partial charge in [-0.2, -0.15) is 0 Å². The molecule has 0 bridgehead atoms. The van der Waals surface area contributed by atoms with Crippen LogP contribution >= 0.6 is 0 Å². The quantitative estimate of drug-likeness (QED) is 0.183. The minimum Gasteiger partial charge on any atom is -0.456 e. The molecule has 244 valence electrons. The van der Waals surface area contributed by atoms with Crippen molar-refractivity contribution in [3.8, 4) is 11.1 Å². The first kappa shape index (κ1) is 28.9. The fourth-order valence-corrected chi connectivity index (χ4v) is 8.98. The summed E-state index contributed by atoms with van der Waals surface area (Å²) < 4.78 is 8.99. The highest BCUT2D eigenvalue weighted by molar-refractivity contribution is 6.15. The van der Waals surface area contributed by atoms with Crippen molar-refractivity contribution in [2.45, 2.75) is 5.54 Å². The Labute approximate surface area is 301 Å². The highest BCUT2D eigenvalue weighted by Crippen LogP contribution is 2.56. The van der Waals surface area contributed by atoms with E-state index in [1.165, 1.54) is 49.6 Å². The minimum absolute atomic E-state index is 0.586. The van der Waals surface area contributed by atoms with Crippen molar-refractivity contribution in [1.82, 2.24) is 4.57 Å². The molecule has 2 aromatic heterocycles. The summed E-state index contributed by atoms with van der Waals surface area (Å²) in [7, 11) is 0. The van der Waals surface area contributed by atoms with Gasteiger partial charge in [0.2, 0.25) is 0 Å². The Balaban J connectivity index is 1.24. The number of aromatic nitrogens is 1. The predicted octanol–water partition coefficient (Wildman–Crippen LogP) is 13.0. The maximum Gasteiger partial charge on any atom is 0.137 e. The van der Waals surface area contributed by atoms with Gasteiger partial charge in [0.25, 0.3) is 0 Å². The lowest BCUT2D eigenvalue weighted by atomic mass is 9.80. The molecule has 52 heavy (non-hydrogen) atoms. The summed E-state index contributed by atoms with van der Waals surface area (Å²) in [6, 6.07) is 70.2. The standard InChI is InChI=1S/C49H32N2O/c1-3-16-33(17-4-1)49(41-24-11-7-20-36(41)37-21-8-12-25-42(37)49)51-43-26-13-9-22-38(43)40-32-35(30-31-44(40)51)50(34-18-5-2-6-19-34)45-27-15-29-47-48(45)39-23-10-14-28-46(39)52-47/h1-32H. The van der Waals surface area contributed by atoms with Crippen molar-refractivity contribution in [1.29, 1.82) is 0 Å². The van der Waals surface area contributed by atoms with Crippen LogP contribution in [0.2, 0.25) is 0 Å². The topological polar surface area (TPSA) is 21.3 Å². The highest BCUT2D eigenvalue weighted by atomic mass is 16.3. The molecule has 11 rings (SSSR count). The molecular formula is C49H32N2O. The molecule has 10 aromatic rings. The molecular weight excluding hydrogens is 633 g/mol. The van der Waals surface area contributed by atoms with E-state index < -0.39 is 5.54 Å². The van der Waals surface area contributed by atoms with Gasteiger partial charge in [-0.05, 0) is 82.4 Å². The van der Waals surface area contributed by atoms with Gasteiger partial charge in [0, 0.05) is 27.5 Å². The van der Waals surface area contributed by atoms with Crippen molar-refractivity contribution in [3.05, 3.63) is 211 Å². The second-order valence-corrected chi connectivity index (χ2v) is 13.6. The Bertz CT molecular complexity index is 2930. The first-order chi connectivity index (χ1) is 25.8. The van der Waals surface area contributed by atoms with Gasteiger partial charge < -0.3 is 13.9 Å². The number of hydrogen-bond acceptors (Lipinski definition) is 2. The molecule has 1 aliphatic carbocycles. The van der Waals surface area contributed by atoms with E-state index in [0.717, 1.165) is 39.0 Å². The number of nitrogens with zero attached hydrogens (tertiary/aromatic N) is 2. The van der Waals surface area contributed by atoms with Crippen molar-refractivity contribution in [2.24, 2.45) is 0 Å². The monoisotopic (exact) mass is 664 g/mol. The molecule has 0 spiro atoms. The summed E-state index contributed by atoms with van der Waals surface area (Å²) in [4.78, 5) is 2.38. The molecule has 0 saturated carbocycles. The van der Waals surface area contributed by atoms with E-state index in [0.29, 0.717) is 0 Å². The third kappa shape index (κ3) is 3.91. The van der Waals surface area contributed by atoms with Crippen LogP contribution in [0.1, 0.15) is 16.7 Å². The molecule has 0 fully saturated rings. The summed E-state index contributed by atoms with van der Waals surface area (Å²) in [5, 5.41) is 4.63. The van der Waals surface area contributed by atoms with Crippen LogP contribution in [0, 0.1) is 0 Å². The molecule has 0 amide bonds. The first-order valence-electron chi connectivity index (χ1n) is 17.9. The molecule has 3 nitrogen and oxygen atoms in total. The lowest BCUT2D eigenvalue weighted by molar-refractivity contribution is 0.564. The van der Waals surface area contributed by atoms with Gasteiger partial charge in [0.1, 0.15) is 16.7 Å². The Morgan fingerprint density at radius 2 is 1.02 bits per heavy atom. The number of rotatable bonds is 5. The van der Waals surface area contributed by atoms with Crippen molar-refractivity contribution >= 4 is 60.8 Å². The van der Waals surface area contributed by atoms with Crippen LogP contribution in [0.25, 0.3) is 54.9 Å². The molecule has 1 aliphatic rings. The zero-order chi connectivity index (χ0) is 34.2. The van der Waals surface area contributed by atoms with Crippen LogP contribution in [-0.4, -0.2) is 4.57 Å². The summed E-state index contributed by atoms with van der Waals surface area (Å²) >= 11 is 0. The first-order valence-corrected chi connectivity index (χ1v) is 17.9. The van der Waals surface area contributed by atoms with Crippen LogP contribution in [0.15, 0.2) is 199 Å². The maximum atomic E-state index is 6.38. The van der Waals surface area contributed by atoms with Gasteiger partial charge in [-0.3, -0.25) is 0 Å². The third-order valence-corrected chi connectivity index (χ3v) is 11.0. The summed E-state index contributed by atoms with van der Waals surface area (Å²) in [5.41, 5.74) is 13.2. The third-order valence-electron chi connectivity index (χ3n) is 11.0. The number of para-hydroxylation sites is 3. The average Bonchev–Trinajstić information content (AvgIpc) is 3.86. The fraction of sp³-hybridized carbons (Fsp3) is 0.0204. The van der Waals surface area contributed by atoms with E-state index in [1.54, 1.807) is 0 Å². The Morgan fingerprint density at radius 3 is 1.79 bits per heavy atom. The Hall–Kier alpha value is -6.84. The molecule has 0 radical (unpaired) electrons. The van der Waals surface area contributed by atoms with Crippen molar-refractivity contribution in [2.75, 3.05) is 4.90 Å². The predicted molar refractivity (Wildman–Crippen MR) is 215 cm³/mol. The van der Waals surface area contributed by atoms with E-state index in [4.69, 9.17) is 4.42 Å². The lowest BCUT2D eigenvalue weighted by Crippen LogP contribution is -2.35. The van der Waals surface area contributed by atoms with Gasteiger partial charge >= 0.3 is 0 Å². The Kier molecular flexibility index (Phi) is 6.17. The van der Waals surface area contributed by atoms with Crippen LogP contribution in [0.5, 0.6) is 0 Å². The van der Waals surface area contributed by atoms with Crippen LogP contribution < -0.4 is 4.90 Å². The second-order valence-electron chi connectivity index (χ2n) is 13.6. The smallest absolute Gasteiger partial charge is 0.137 e. The van der Waals surface area contributed by atoms with Gasteiger partial charge in [-0.15, -0.1) is 0 Å². The Morgan fingerprint density at radius 1 is 0.423 bits per heavy atom. The fourth-order valence-electron chi connectivity index (χ4n) is 8.98. The molecule has 0 atom stereocenters. The maximum absolute atomic E-state index is 6.38. The van der Waals surface area contributed by atoms with Gasteiger partial charge in [0.15, 0.2) is 0 Å². The molecule has 0 N–H and O–H groups in total. The largest absolute Gasteiger partial charge is 0.456 e. The average molecular weight is 665 g/mol. The zero-order valence-corrected chi connectivity index (χ0v) is 28.3. The van der Waals surface area contributed by atoms with Gasteiger partial charge in [-0.25, -0.2) is 0 Å². The lowest BCUT2D eigenvalue weighted by Gasteiger charge is -2.36. The van der Waals surface area contributed by atoms with E-state index in [9.17, 15) is 0 Å². The van der Waals surface area contributed by atoms with Crippen LogP contribution in [0.4, 0.5) is 17.1 Å². The molecule has 8 aromatic carbocycles. The van der Waals surface area contributed by atoms with Crippen molar-refractivity contribution in [3.63, 3.8) is 0 Å². The summed E-state index contributed by atoms with van der Waals surface area (Å²) in [6.45, 7) is 0. The summed E-state index contributed by atoms with van der Waals surface area (Å²) in [5.74, 6) is 0. The molecule has 0 saturated heterocycles. The summed E-state index contributed by atoms with van der Waals surface area (Å²) in [6.07, 6.45) is 0. The van der Waals surface area contributed by atoms with E-state index in [-0.39, 0.29) is 0 Å². The number of hydrogen-bond donors (Lipinski definition) is 0. The molecule has 3 heteroatoms. The van der Waals surface area contributed by atoms with E-state index in [2.05, 4.69) is 198 Å². The molecule has 2 heterocycles. The zero-order valence-electron chi connectivity index (χ0n) is 28.3. The molecule has 0 unspecified atom stereocenters. The van der Waals surface area contributed by atoms with Crippen LogP contribution in [-0.2, 0) is 5.54 Å². The minimum atomic E-state index is -0.586. The second kappa shape index (κ2) is 11.1. The van der Waals surface area contributed by atoms with E-state index in [1.807, 2.05) is 6.07 Å². The molecule has 0 aliphatic heterocycles. The van der Waals surface area contributed by atoms with Gasteiger partial charge in [0.05, 0.1) is 22.1 Å². The van der Waals surface area contributed by atoms with Gasteiger partial charge in [-0.1, -0.05) is 140 Å². The SMILES string of the molecule is c1ccc(N(c2ccc3c(c2)c2ccccc2n3C2(c3ccccc3)c3ccccc3-c3ccccc32)c2cccc3oc4ccccc4c23)cc1. The van der Waals surface area contributed by atoms with Crippen LogP contribution in [0.3, 0.4) is 0 Å². The van der Waals surface area contributed by atoms with Crippen molar-refractivity contribution < 1.29 is 4.42 Å². The number of anilines is 3. The number of furan rings is 1. The normalized spacial score (nSPS) is 13.2. The number of benzene rings is 8. The highest BCUT2D eigenvalue weighted by Gasteiger charge is 2.47. The van der Waals surface area contributed by atoms with E-state index >= 15 is 0 Å².